The van der Waals surface area contributed by atoms with E-state index in [9.17, 15) is 4.39 Å². The first-order valence-electron chi connectivity index (χ1n) is 6.46. The zero-order valence-corrected chi connectivity index (χ0v) is 11.7. The second kappa shape index (κ2) is 6.80. The van der Waals surface area contributed by atoms with E-state index in [-0.39, 0.29) is 11.6 Å². The molecule has 1 N–H and O–H groups in total. The fraction of sp³-hybridized carbons (Fsp3) is 0.250. The van der Waals surface area contributed by atoms with Crippen LogP contribution in [0.3, 0.4) is 0 Å². The van der Waals surface area contributed by atoms with Crippen molar-refractivity contribution in [1.29, 1.82) is 0 Å². The normalized spacial score (nSPS) is 10.2. The highest BCUT2D eigenvalue weighted by Crippen LogP contribution is 2.21. The van der Waals surface area contributed by atoms with Crippen molar-refractivity contribution in [3.63, 3.8) is 0 Å². The van der Waals surface area contributed by atoms with Gasteiger partial charge in [-0.05, 0) is 42.8 Å². The molecular formula is C16H18FNO2. The maximum atomic E-state index is 13.3. The Labute approximate surface area is 118 Å². The number of nitrogens with one attached hydrogen (secondary N) is 1. The van der Waals surface area contributed by atoms with Crippen LogP contribution in [-0.2, 0) is 0 Å². The highest BCUT2D eigenvalue weighted by Gasteiger charge is 2.02. The molecule has 0 heterocycles. The van der Waals surface area contributed by atoms with E-state index in [2.05, 4.69) is 5.32 Å². The summed E-state index contributed by atoms with van der Waals surface area (Å²) < 4.78 is 23.9. The molecule has 0 fully saturated rings. The van der Waals surface area contributed by atoms with Gasteiger partial charge in [-0.25, -0.2) is 4.39 Å². The Hall–Kier alpha value is -2.23. The first-order chi connectivity index (χ1) is 9.70. The molecule has 0 aliphatic heterocycles. The number of aryl methyl sites for hydroxylation is 1. The van der Waals surface area contributed by atoms with Gasteiger partial charge in [0.2, 0.25) is 0 Å². The summed E-state index contributed by atoms with van der Waals surface area (Å²) in [6.07, 6.45) is 0. The van der Waals surface area contributed by atoms with E-state index in [1.807, 2.05) is 25.1 Å². The molecule has 106 valence electrons. The van der Waals surface area contributed by atoms with E-state index >= 15 is 0 Å². The Morgan fingerprint density at radius 1 is 1.15 bits per heavy atom. The second-order valence-corrected chi connectivity index (χ2v) is 4.39. The summed E-state index contributed by atoms with van der Waals surface area (Å²) in [7, 11) is 1.64. The zero-order chi connectivity index (χ0) is 14.4. The quantitative estimate of drug-likeness (QED) is 0.817. The number of anilines is 1. The van der Waals surface area contributed by atoms with E-state index in [4.69, 9.17) is 9.47 Å². The molecule has 0 aromatic heterocycles. The number of rotatable bonds is 6. The van der Waals surface area contributed by atoms with Gasteiger partial charge >= 0.3 is 0 Å². The number of hydrogen-bond acceptors (Lipinski definition) is 3. The molecular weight excluding hydrogens is 257 g/mol. The van der Waals surface area contributed by atoms with Crippen LogP contribution in [0.5, 0.6) is 11.5 Å². The van der Waals surface area contributed by atoms with Crippen molar-refractivity contribution >= 4 is 5.69 Å². The monoisotopic (exact) mass is 275 g/mol. The summed E-state index contributed by atoms with van der Waals surface area (Å²) in [6, 6.07) is 12.2. The van der Waals surface area contributed by atoms with Crippen LogP contribution >= 0.6 is 0 Å². The van der Waals surface area contributed by atoms with Crippen molar-refractivity contribution in [2.24, 2.45) is 0 Å². The third-order valence-electron chi connectivity index (χ3n) is 2.95. The van der Waals surface area contributed by atoms with Crippen molar-refractivity contribution < 1.29 is 13.9 Å². The Balaban J connectivity index is 1.83. The molecule has 0 aliphatic carbocycles. The van der Waals surface area contributed by atoms with Crippen LogP contribution in [-0.4, -0.2) is 20.3 Å². The van der Waals surface area contributed by atoms with Gasteiger partial charge in [-0.15, -0.1) is 0 Å². The van der Waals surface area contributed by atoms with Crippen molar-refractivity contribution in [2.45, 2.75) is 6.92 Å². The van der Waals surface area contributed by atoms with Gasteiger partial charge in [0, 0.05) is 12.2 Å². The maximum Gasteiger partial charge on any atom is 0.165 e. The highest BCUT2D eigenvalue weighted by atomic mass is 19.1. The molecule has 3 nitrogen and oxygen atoms in total. The number of para-hydroxylation sites is 1. The van der Waals surface area contributed by atoms with E-state index in [0.717, 1.165) is 17.0 Å². The largest absolute Gasteiger partial charge is 0.497 e. The van der Waals surface area contributed by atoms with Crippen molar-refractivity contribution in [1.82, 2.24) is 0 Å². The Morgan fingerprint density at radius 2 is 1.95 bits per heavy atom. The predicted octanol–water partition coefficient (Wildman–Crippen LogP) is 3.63. The summed E-state index contributed by atoms with van der Waals surface area (Å²) >= 11 is 0. The number of halogens is 1. The van der Waals surface area contributed by atoms with Gasteiger partial charge in [0.15, 0.2) is 11.6 Å². The number of hydrogen-bond donors (Lipinski definition) is 1. The lowest BCUT2D eigenvalue weighted by Crippen LogP contribution is -2.12. The van der Waals surface area contributed by atoms with Gasteiger partial charge in [-0.2, -0.15) is 0 Å². The maximum absolute atomic E-state index is 13.3. The minimum Gasteiger partial charge on any atom is -0.497 e. The molecule has 0 atom stereocenters. The summed E-state index contributed by atoms with van der Waals surface area (Å²) in [5.41, 5.74) is 2.11. The van der Waals surface area contributed by atoms with Crippen molar-refractivity contribution in [3.05, 3.63) is 53.8 Å². The van der Waals surface area contributed by atoms with Gasteiger partial charge in [0.25, 0.3) is 0 Å². The lowest BCUT2D eigenvalue weighted by atomic mass is 10.2. The molecule has 20 heavy (non-hydrogen) atoms. The average Bonchev–Trinajstić information content (AvgIpc) is 2.46. The molecule has 2 aromatic rings. The van der Waals surface area contributed by atoms with Gasteiger partial charge in [0.1, 0.15) is 12.4 Å². The van der Waals surface area contributed by atoms with Crippen LogP contribution < -0.4 is 14.8 Å². The molecule has 4 heteroatoms. The van der Waals surface area contributed by atoms with E-state index < -0.39 is 0 Å². The van der Waals surface area contributed by atoms with Crippen molar-refractivity contribution in [2.75, 3.05) is 25.6 Å². The molecule has 0 bridgehead atoms. The van der Waals surface area contributed by atoms with Gasteiger partial charge < -0.3 is 14.8 Å². The van der Waals surface area contributed by atoms with Crippen LogP contribution in [0.15, 0.2) is 42.5 Å². The molecule has 0 aliphatic rings. The summed E-state index contributed by atoms with van der Waals surface area (Å²) in [5.74, 6) is 0.768. The highest BCUT2D eigenvalue weighted by molar-refractivity contribution is 5.53. The number of benzene rings is 2. The lowest BCUT2D eigenvalue weighted by molar-refractivity contribution is 0.315. The van der Waals surface area contributed by atoms with Crippen LogP contribution in [0.25, 0.3) is 0 Å². The average molecular weight is 275 g/mol. The topological polar surface area (TPSA) is 30.5 Å². The first-order valence-corrected chi connectivity index (χ1v) is 6.46. The summed E-state index contributed by atoms with van der Waals surface area (Å²) in [6.45, 7) is 3.00. The van der Waals surface area contributed by atoms with E-state index in [0.29, 0.717) is 13.2 Å². The van der Waals surface area contributed by atoms with Crippen LogP contribution in [0.4, 0.5) is 10.1 Å². The smallest absolute Gasteiger partial charge is 0.165 e. The Kier molecular flexibility index (Phi) is 4.82. The number of methoxy groups -OCH3 is 1. The second-order valence-electron chi connectivity index (χ2n) is 4.39. The molecule has 2 rings (SSSR count). The van der Waals surface area contributed by atoms with Crippen molar-refractivity contribution in [3.8, 4) is 11.5 Å². The van der Waals surface area contributed by atoms with Crippen LogP contribution in [0.2, 0.25) is 0 Å². The molecule has 0 saturated heterocycles. The van der Waals surface area contributed by atoms with Crippen LogP contribution in [0, 0.1) is 12.7 Å². The van der Waals surface area contributed by atoms with E-state index in [1.54, 1.807) is 25.3 Å². The predicted molar refractivity (Wildman–Crippen MR) is 78.1 cm³/mol. The third kappa shape index (κ3) is 3.63. The Morgan fingerprint density at radius 3 is 2.65 bits per heavy atom. The minimum atomic E-state index is -0.340. The third-order valence-corrected chi connectivity index (χ3v) is 2.95. The number of ether oxygens (including phenoxy) is 2. The standard InChI is InChI=1S/C16H18FNO2/c1-12-11-13(19-2)7-8-15(12)18-9-10-20-16-6-4-3-5-14(16)17/h3-8,11,18H,9-10H2,1-2H3. The molecule has 0 radical (unpaired) electrons. The SMILES string of the molecule is COc1ccc(NCCOc2ccccc2F)c(C)c1. The zero-order valence-electron chi connectivity index (χ0n) is 11.7. The molecule has 0 unspecified atom stereocenters. The van der Waals surface area contributed by atoms with Crippen LogP contribution in [0.1, 0.15) is 5.56 Å². The first kappa shape index (κ1) is 14.2. The molecule has 2 aromatic carbocycles. The fourth-order valence-electron chi connectivity index (χ4n) is 1.87. The summed E-state index contributed by atoms with van der Waals surface area (Å²) in [5, 5.41) is 3.25. The van der Waals surface area contributed by atoms with Gasteiger partial charge in [-0.1, -0.05) is 12.1 Å². The minimum absolute atomic E-state index is 0.278. The van der Waals surface area contributed by atoms with Gasteiger partial charge in [-0.3, -0.25) is 0 Å². The molecule has 0 spiro atoms. The Bertz CT molecular complexity index is 572. The molecule has 0 saturated carbocycles. The lowest BCUT2D eigenvalue weighted by Gasteiger charge is -2.12. The van der Waals surface area contributed by atoms with Gasteiger partial charge in [0.05, 0.1) is 7.11 Å². The summed E-state index contributed by atoms with van der Waals surface area (Å²) in [4.78, 5) is 0. The van der Waals surface area contributed by atoms with E-state index in [1.165, 1.54) is 6.07 Å². The fourth-order valence-corrected chi connectivity index (χ4v) is 1.87. The molecule has 0 amide bonds.